The van der Waals surface area contributed by atoms with Crippen LogP contribution in [0.25, 0.3) is 0 Å². The Bertz CT molecular complexity index is 365. The van der Waals surface area contributed by atoms with Crippen LogP contribution in [0.3, 0.4) is 0 Å². The number of rotatable bonds is 2. The highest BCUT2D eigenvalue weighted by molar-refractivity contribution is 5.65. The first-order chi connectivity index (χ1) is 6.91. The summed E-state index contributed by atoms with van der Waals surface area (Å²) in [6, 6.07) is 3.72. The molecule has 15 heavy (non-hydrogen) atoms. The van der Waals surface area contributed by atoms with Gasteiger partial charge in [0.25, 0.3) is 0 Å². The lowest BCUT2D eigenvalue weighted by molar-refractivity contribution is 0.153. The zero-order valence-electron chi connectivity index (χ0n) is 9.24. The standard InChI is InChI=1S/C11H16N2O2/c1-7-4-9(12)5-8(2)10(7)6-13(3)11(14)15/h4-5H,6,12H2,1-3H3,(H,14,15). The Labute approximate surface area is 89.3 Å². The van der Waals surface area contributed by atoms with E-state index in [-0.39, 0.29) is 0 Å². The first kappa shape index (κ1) is 11.4. The van der Waals surface area contributed by atoms with Gasteiger partial charge in [0.15, 0.2) is 0 Å². The van der Waals surface area contributed by atoms with E-state index in [0.29, 0.717) is 12.2 Å². The Morgan fingerprint density at radius 2 is 1.87 bits per heavy atom. The molecule has 82 valence electrons. The van der Waals surface area contributed by atoms with Crippen molar-refractivity contribution in [1.29, 1.82) is 0 Å². The van der Waals surface area contributed by atoms with Gasteiger partial charge in [-0.3, -0.25) is 0 Å². The van der Waals surface area contributed by atoms with Crippen LogP contribution in [-0.4, -0.2) is 23.1 Å². The summed E-state index contributed by atoms with van der Waals surface area (Å²) in [5.74, 6) is 0. The summed E-state index contributed by atoms with van der Waals surface area (Å²) in [5.41, 5.74) is 9.48. The fraction of sp³-hybridized carbons (Fsp3) is 0.364. The van der Waals surface area contributed by atoms with Gasteiger partial charge in [-0.15, -0.1) is 0 Å². The van der Waals surface area contributed by atoms with E-state index < -0.39 is 6.09 Å². The average molecular weight is 208 g/mol. The number of hydrogen-bond acceptors (Lipinski definition) is 2. The van der Waals surface area contributed by atoms with Gasteiger partial charge in [0.1, 0.15) is 0 Å². The van der Waals surface area contributed by atoms with Crippen molar-refractivity contribution in [3.63, 3.8) is 0 Å². The smallest absolute Gasteiger partial charge is 0.407 e. The van der Waals surface area contributed by atoms with Gasteiger partial charge in [-0.2, -0.15) is 0 Å². The molecule has 0 saturated heterocycles. The number of amides is 1. The van der Waals surface area contributed by atoms with Gasteiger partial charge in [-0.05, 0) is 42.7 Å². The number of benzene rings is 1. The van der Waals surface area contributed by atoms with E-state index in [1.54, 1.807) is 7.05 Å². The van der Waals surface area contributed by atoms with Crippen LogP contribution in [0.1, 0.15) is 16.7 Å². The van der Waals surface area contributed by atoms with Crippen molar-refractivity contribution in [2.75, 3.05) is 12.8 Å². The molecule has 3 N–H and O–H groups in total. The topological polar surface area (TPSA) is 66.6 Å². The van der Waals surface area contributed by atoms with Crippen LogP contribution in [0.5, 0.6) is 0 Å². The minimum atomic E-state index is -0.925. The summed E-state index contributed by atoms with van der Waals surface area (Å²) in [6.07, 6.45) is -0.925. The van der Waals surface area contributed by atoms with Crippen molar-refractivity contribution in [3.05, 3.63) is 28.8 Å². The third-order valence-corrected chi connectivity index (χ3v) is 2.44. The molecule has 0 bridgehead atoms. The van der Waals surface area contributed by atoms with Gasteiger partial charge < -0.3 is 15.7 Å². The molecular formula is C11H16N2O2. The molecule has 1 aromatic carbocycles. The minimum absolute atomic E-state index is 0.396. The zero-order valence-corrected chi connectivity index (χ0v) is 9.24. The molecule has 0 aliphatic heterocycles. The number of nitrogens with two attached hydrogens (primary N) is 1. The first-order valence-electron chi connectivity index (χ1n) is 4.71. The van der Waals surface area contributed by atoms with Crippen LogP contribution < -0.4 is 5.73 Å². The second kappa shape index (κ2) is 4.21. The van der Waals surface area contributed by atoms with E-state index in [4.69, 9.17) is 10.8 Å². The highest BCUT2D eigenvalue weighted by atomic mass is 16.4. The van der Waals surface area contributed by atoms with Crippen molar-refractivity contribution < 1.29 is 9.90 Å². The molecule has 1 amide bonds. The summed E-state index contributed by atoms with van der Waals surface area (Å²) in [7, 11) is 1.55. The average Bonchev–Trinajstić information content (AvgIpc) is 2.10. The van der Waals surface area contributed by atoms with Gasteiger partial charge >= 0.3 is 6.09 Å². The lowest BCUT2D eigenvalue weighted by Crippen LogP contribution is -2.24. The maximum Gasteiger partial charge on any atom is 0.407 e. The van der Waals surface area contributed by atoms with Crippen LogP contribution in [0.15, 0.2) is 12.1 Å². The normalized spacial score (nSPS) is 10.1. The molecule has 0 atom stereocenters. The van der Waals surface area contributed by atoms with Gasteiger partial charge in [-0.25, -0.2) is 4.79 Å². The van der Waals surface area contributed by atoms with Gasteiger partial charge in [-0.1, -0.05) is 0 Å². The molecule has 1 aromatic rings. The lowest BCUT2D eigenvalue weighted by Gasteiger charge is -2.17. The van der Waals surface area contributed by atoms with Crippen LogP contribution >= 0.6 is 0 Å². The SMILES string of the molecule is Cc1cc(N)cc(C)c1CN(C)C(=O)O. The van der Waals surface area contributed by atoms with E-state index in [1.165, 1.54) is 4.90 Å². The van der Waals surface area contributed by atoms with Crippen molar-refractivity contribution >= 4 is 11.8 Å². The maximum absolute atomic E-state index is 10.7. The van der Waals surface area contributed by atoms with Crippen molar-refractivity contribution in [3.8, 4) is 0 Å². The van der Waals surface area contributed by atoms with Gasteiger partial charge in [0.05, 0.1) is 0 Å². The number of nitrogen functional groups attached to an aromatic ring is 1. The zero-order chi connectivity index (χ0) is 11.6. The molecule has 1 rings (SSSR count). The van der Waals surface area contributed by atoms with Crippen LogP contribution in [0, 0.1) is 13.8 Å². The second-order valence-corrected chi connectivity index (χ2v) is 3.77. The molecule has 0 aliphatic carbocycles. The number of nitrogens with zero attached hydrogens (tertiary/aromatic N) is 1. The fourth-order valence-corrected chi connectivity index (χ4v) is 1.58. The Kier molecular flexibility index (Phi) is 3.19. The minimum Gasteiger partial charge on any atom is -0.465 e. The number of carboxylic acid groups (broad SMARTS) is 1. The molecule has 0 fully saturated rings. The van der Waals surface area contributed by atoms with E-state index in [9.17, 15) is 4.79 Å². The van der Waals surface area contributed by atoms with E-state index in [2.05, 4.69) is 0 Å². The predicted octanol–water partition coefficient (Wildman–Crippen LogP) is 2.00. The molecule has 0 spiro atoms. The first-order valence-corrected chi connectivity index (χ1v) is 4.71. The summed E-state index contributed by atoms with van der Waals surface area (Å²) >= 11 is 0. The van der Waals surface area contributed by atoms with Crippen LogP contribution in [0.2, 0.25) is 0 Å². The molecule has 0 saturated carbocycles. The molecule has 4 heteroatoms. The molecule has 0 radical (unpaired) electrons. The number of carbonyl (C=O) groups is 1. The monoisotopic (exact) mass is 208 g/mol. The summed E-state index contributed by atoms with van der Waals surface area (Å²) in [4.78, 5) is 11.9. The summed E-state index contributed by atoms with van der Waals surface area (Å²) in [5, 5.41) is 8.78. The third kappa shape index (κ3) is 2.62. The fourth-order valence-electron chi connectivity index (χ4n) is 1.58. The quantitative estimate of drug-likeness (QED) is 0.730. The van der Waals surface area contributed by atoms with Gasteiger partial charge in [0, 0.05) is 19.3 Å². The summed E-state index contributed by atoms with van der Waals surface area (Å²) in [6.45, 7) is 4.27. The second-order valence-electron chi connectivity index (χ2n) is 3.77. The van der Waals surface area contributed by atoms with Crippen molar-refractivity contribution in [1.82, 2.24) is 4.90 Å². The molecular weight excluding hydrogens is 192 g/mol. The Morgan fingerprint density at radius 3 is 2.27 bits per heavy atom. The predicted molar refractivity (Wildman–Crippen MR) is 59.8 cm³/mol. The van der Waals surface area contributed by atoms with Gasteiger partial charge in [0.2, 0.25) is 0 Å². The number of aryl methyl sites for hydroxylation is 2. The summed E-state index contributed by atoms with van der Waals surface area (Å²) < 4.78 is 0. The lowest BCUT2D eigenvalue weighted by atomic mass is 10.0. The van der Waals surface area contributed by atoms with E-state index >= 15 is 0 Å². The largest absolute Gasteiger partial charge is 0.465 e. The molecule has 4 nitrogen and oxygen atoms in total. The molecule has 0 unspecified atom stereocenters. The number of hydrogen-bond donors (Lipinski definition) is 2. The Balaban J connectivity index is 3.00. The van der Waals surface area contributed by atoms with E-state index in [1.807, 2.05) is 26.0 Å². The Hall–Kier alpha value is -1.71. The number of anilines is 1. The maximum atomic E-state index is 10.7. The highest BCUT2D eigenvalue weighted by Crippen LogP contribution is 2.19. The highest BCUT2D eigenvalue weighted by Gasteiger charge is 2.10. The van der Waals surface area contributed by atoms with Crippen LogP contribution in [-0.2, 0) is 6.54 Å². The van der Waals surface area contributed by atoms with Crippen LogP contribution in [0.4, 0.5) is 10.5 Å². The molecule has 0 heterocycles. The van der Waals surface area contributed by atoms with Crippen molar-refractivity contribution in [2.24, 2.45) is 0 Å². The van der Waals surface area contributed by atoms with E-state index in [0.717, 1.165) is 16.7 Å². The third-order valence-electron chi connectivity index (χ3n) is 2.44. The van der Waals surface area contributed by atoms with Crippen molar-refractivity contribution in [2.45, 2.75) is 20.4 Å². The molecule has 0 aromatic heterocycles. The Morgan fingerprint density at radius 1 is 1.40 bits per heavy atom. The molecule has 0 aliphatic rings.